The second-order valence-corrected chi connectivity index (χ2v) is 8.00. The molecule has 0 saturated carbocycles. The Labute approximate surface area is 174 Å². The van der Waals surface area contributed by atoms with Crippen LogP contribution >= 0.6 is 0 Å². The van der Waals surface area contributed by atoms with E-state index < -0.39 is 10.1 Å². The predicted molar refractivity (Wildman–Crippen MR) is 101 cm³/mol. The standard InChI is InChI=1S/C19H25NO3S.Na.H/c1-13-8-14(2)10-17(9-13)18-11-15(3)19(16(4)12-18)20-6-5-7-24(21,22)23;;/h8-12,20H,5-7H2,1-4H3,(H,21,22,23);;/q;+1;-1. The van der Waals surface area contributed by atoms with Crippen LogP contribution in [0.4, 0.5) is 5.69 Å². The van der Waals surface area contributed by atoms with E-state index in [1.54, 1.807) is 0 Å². The molecule has 0 aliphatic rings. The quantitative estimate of drug-likeness (QED) is 0.458. The average molecular weight is 371 g/mol. The van der Waals surface area contributed by atoms with Gasteiger partial charge in [0.2, 0.25) is 0 Å². The van der Waals surface area contributed by atoms with Crippen LogP contribution in [0.1, 0.15) is 30.1 Å². The minimum atomic E-state index is -3.89. The van der Waals surface area contributed by atoms with Gasteiger partial charge in [-0.15, -0.1) is 0 Å². The molecule has 2 aromatic carbocycles. The van der Waals surface area contributed by atoms with Crippen LogP contribution in [0.25, 0.3) is 11.1 Å². The van der Waals surface area contributed by atoms with Crippen molar-refractivity contribution in [2.75, 3.05) is 17.6 Å². The van der Waals surface area contributed by atoms with Crippen molar-refractivity contribution in [3.63, 3.8) is 0 Å². The average Bonchev–Trinajstić information content (AvgIpc) is 2.43. The van der Waals surface area contributed by atoms with Gasteiger partial charge in [-0.1, -0.05) is 29.3 Å². The molecule has 2 aromatic rings. The zero-order valence-corrected chi connectivity index (χ0v) is 18.5. The van der Waals surface area contributed by atoms with E-state index >= 15 is 0 Å². The van der Waals surface area contributed by atoms with Crippen molar-refractivity contribution >= 4 is 15.8 Å². The van der Waals surface area contributed by atoms with E-state index in [2.05, 4.69) is 49.5 Å². The molecule has 2 N–H and O–H groups in total. The molecule has 0 spiro atoms. The Kier molecular flexibility index (Phi) is 8.16. The van der Waals surface area contributed by atoms with Crippen LogP contribution in [-0.4, -0.2) is 25.3 Å². The van der Waals surface area contributed by atoms with E-state index in [4.69, 9.17) is 4.55 Å². The van der Waals surface area contributed by atoms with Crippen LogP contribution in [0.3, 0.4) is 0 Å². The Morgan fingerprint density at radius 3 is 1.88 bits per heavy atom. The number of nitrogens with one attached hydrogen (secondary N) is 1. The molecular weight excluding hydrogens is 345 g/mol. The van der Waals surface area contributed by atoms with Gasteiger partial charge >= 0.3 is 29.6 Å². The molecule has 0 heterocycles. The second kappa shape index (κ2) is 9.19. The van der Waals surface area contributed by atoms with Crippen LogP contribution in [-0.2, 0) is 10.1 Å². The molecule has 0 amide bonds. The van der Waals surface area contributed by atoms with Crippen LogP contribution in [0.5, 0.6) is 0 Å². The first-order valence-electron chi connectivity index (χ1n) is 8.04. The summed E-state index contributed by atoms with van der Waals surface area (Å²) in [5.41, 5.74) is 8.14. The smallest absolute Gasteiger partial charge is 1.00 e. The van der Waals surface area contributed by atoms with E-state index in [1.807, 2.05) is 13.8 Å². The molecule has 0 bridgehead atoms. The Hall–Kier alpha value is -0.850. The normalized spacial score (nSPS) is 11.1. The van der Waals surface area contributed by atoms with Gasteiger partial charge in [-0.05, 0) is 68.5 Å². The molecule has 0 unspecified atom stereocenters. The summed E-state index contributed by atoms with van der Waals surface area (Å²) in [4.78, 5) is 0. The summed E-state index contributed by atoms with van der Waals surface area (Å²) >= 11 is 0. The van der Waals surface area contributed by atoms with Gasteiger partial charge < -0.3 is 6.74 Å². The van der Waals surface area contributed by atoms with Crippen molar-refractivity contribution in [2.45, 2.75) is 34.1 Å². The summed E-state index contributed by atoms with van der Waals surface area (Å²) in [6.07, 6.45) is 0.372. The first-order valence-corrected chi connectivity index (χ1v) is 9.65. The summed E-state index contributed by atoms with van der Waals surface area (Å²) in [5.74, 6) is -0.223. The third-order valence-corrected chi connectivity index (χ3v) is 4.77. The fourth-order valence-electron chi connectivity index (χ4n) is 3.02. The van der Waals surface area contributed by atoms with Crippen LogP contribution in [0.2, 0.25) is 0 Å². The molecule has 0 aliphatic heterocycles. The number of hydrogen-bond donors (Lipinski definition) is 2. The molecule has 6 heteroatoms. The maximum Gasteiger partial charge on any atom is 1.00 e. The van der Waals surface area contributed by atoms with Gasteiger partial charge in [0.15, 0.2) is 0 Å². The number of hydrogen-bond acceptors (Lipinski definition) is 3. The van der Waals surface area contributed by atoms with Gasteiger partial charge in [0.05, 0.1) is 5.75 Å². The molecule has 0 aliphatic carbocycles. The van der Waals surface area contributed by atoms with Crippen molar-refractivity contribution in [3.05, 3.63) is 52.6 Å². The van der Waals surface area contributed by atoms with E-state index in [0.29, 0.717) is 13.0 Å². The first-order chi connectivity index (χ1) is 11.2. The number of benzene rings is 2. The zero-order chi connectivity index (χ0) is 17.9. The molecule has 0 saturated heterocycles. The largest absolute Gasteiger partial charge is 1.00 e. The molecule has 4 nitrogen and oxygen atoms in total. The fourth-order valence-corrected chi connectivity index (χ4v) is 3.53. The predicted octanol–water partition coefficient (Wildman–Crippen LogP) is 1.39. The minimum Gasteiger partial charge on any atom is -1.00 e. The van der Waals surface area contributed by atoms with Crippen molar-refractivity contribution in [3.8, 4) is 11.1 Å². The minimum absolute atomic E-state index is 0. The van der Waals surface area contributed by atoms with Crippen molar-refractivity contribution in [1.82, 2.24) is 0 Å². The van der Waals surface area contributed by atoms with Gasteiger partial charge in [-0.3, -0.25) is 4.55 Å². The van der Waals surface area contributed by atoms with Crippen LogP contribution in [0.15, 0.2) is 30.3 Å². The number of rotatable bonds is 6. The molecule has 0 aromatic heterocycles. The molecule has 0 radical (unpaired) electrons. The number of anilines is 1. The first kappa shape index (κ1) is 22.2. The van der Waals surface area contributed by atoms with E-state index in [9.17, 15) is 8.42 Å². The van der Waals surface area contributed by atoms with Gasteiger partial charge in [0.25, 0.3) is 10.1 Å². The van der Waals surface area contributed by atoms with Gasteiger partial charge in [-0.25, -0.2) is 0 Å². The van der Waals surface area contributed by atoms with Crippen molar-refractivity contribution in [1.29, 1.82) is 0 Å². The third-order valence-electron chi connectivity index (χ3n) is 3.97. The van der Waals surface area contributed by atoms with E-state index in [-0.39, 0.29) is 36.7 Å². The third kappa shape index (κ3) is 6.76. The Bertz CT molecular complexity index is 811. The van der Waals surface area contributed by atoms with Crippen molar-refractivity contribution in [2.24, 2.45) is 0 Å². The van der Waals surface area contributed by atoms with Gasteiger partial charge in [-0.2, -0.15) is 8.42 Å². The summed E-state index contributed by atoms with van der Waals surface area (Å²) in [7, 11) is -3.89. The molecule has 132 valence electrons. The zero-order valence-electron chi connectivity index (χ0n) is 16.7. The molecular formula is C19H26NNaO3S. The summed E-state index contributed by atoms with van der Waals surface area (Å²) in [5, 5.41) is 3.28. The summed E-state index contributed by atoms with van der Waals surface area (Å²) < 4.78 is 30.3. The van der Waals surface area contributed by atoms with Crippen molar-refractivity contribution < 1.29 is 44.0 Å². The summed E-state index contributed by atoms with van der Waals surface area (Å²) in [6.45, 7) is 8.79. The fraction of sp³-hybridized carbons (Fsp3) is 0.368. The summed E-state index contributed by atoms with van der Waals surface area (Å²) in [6, 6.07) is 10.8. The molecule has 0 atom stereocenters. The van der Waals surface area contributed by atoms with E-state index in [1.165, 1.54) is 22.3 Å². The number of aryl methyl sites for hydroxylation is 4. The van der Waals surface area contributed by atoms with Crippen LogP contribution < -0.4 is 34.9 Å². The maximum absolute atomic E-state index is 10.8. The Morgan fingerprint density at radius 2 is 1.40 bits per heavy atom. The van der Waals surface area contributed by atoms with Gasteiger partial charge in [0, 0.05) is 12.2 Å². The maximum atomic E-state index is 10.8. The molecule has 25 heavy (non-hydrogen) atoms. The molecule has 2 rings (SSSR count). The Balaban J connectivity index is 0.00000312. The van der Waals surface area contributed by atoms with E-state index in [0.717, 1.165) is 16.8 Å². The second-order valence-electron chi connectivity index (χ2n) is 6.43. The van der Waals surface area contributed by atoms with Crippen LogP contribution in [0, 0.1) is 27.7 Å². The monoisotopic (exact) mass is 371 g/mol. The topological polar surface area (TPSA) is 66.4 Å². The van der Waals surface area contributed by atoms with Gasteiger partial charge in [0.1, 0.15) is 0 Å². The SMILES string of the molecule is Cc1cc(C)cc(-c2cc(C)c(NCCCS(=O)(=O)O)c(C)c2)c1.[H-].[Na+]. The Morgan fingerprint density at radius 1 is 0.920 bits per heavy atom. The molecule has 0 fully saturated rings.